The maximum Gasteiger partial charge on any atom is 0.248 e. The summed E-state index contributed by atoms with van der Waals surface area (Å²) < 4.78 is 11.4. The number of methoxy groups -OCH3 is 2. The third-order valence-corrected chi connectivity index (χ3v) is 4.05. The summed E-state index contributed by atoms with van der Waals surface area (Å²) in [5, 5.41) is 14.9. The van der Waals surface area contributed by atoms with E-state index in [2.05, 4.69) is 36.7 Å². The number of aromatic nitrogens is 4. The average Bonchev–Trinajstić information content (AvgIpc) is 3.10. The Hall–Kier alpha value is -2.94. The van der Waals surface area contributed by atoms with E-state index in [1.807, 2.05) is 24.3 Å². The summed E-state index contributed by atoms with van der Waals surface area (Å²) in [6.45, 7) is -0.0795. The van der Waals surface area contributed by atoms with E-state index in [1.54, 1.807) is 25.3 Å². The van der Waals surface area contributed by atoms with E-state index in [-0.39, 0.29) is 12.5 Å². The lowest BCUT2D eigenvalue weighted by molar-refractivity contribution is -0.117. The number of nitrogens with zero attached hydrogens (tertiary/aromatic N) is 4. The Kier molecular flexibility index (Phi) is 5.47. The number of carbonyl (C=O) groups is 1. The number of nitrogens with one attached hydrogen (secondary N) is 1. The van der Waals surface area contributed by atoms with Crippen molar-refractivity contribution in [3.63, 3.8) is 0 Å². The first-order valence-corrected chi connectivity index (χ1v) is 8.44. The Bertz CT molecular complexity index is 911. The van der Waals surface area contributed by atoms with E-state index in [0.29, 0.717) is 23.0 Å². The molecule has 2 aromatic carbocycles. The summed E-state index contributed by atoms with van der Waals surface area (Å²) in [6, 6.07) is 12.7. The fraction of sp³-hybridized carbons (Fsp3) is 0.176. The van der Waals surface area contributed by atoms with Gasteiger partial charge in [0.05, 0.1) is 19.9 Å². The molecule has 1 amide bonds. The minimum Gasteiger partial charge on any atom is -0.497 e. The fourth-order valence-corrected chi connectivity index (χ4v) is 2.52. The molecule has 0 radical (unpaired) electrons. The zero-order chi connectivity index (χ0) is 18.5. The van der Waals surface area contributed by atoms with Crippen molar-refractivity contribution in [1.29, 1.82) is 0 Å². The van der Waals surface area contributed by atoms with Crippen LogP contribution in [-0.2, 0) is 11.3 Å². The molecule has 0 aliphatic rings. The molecule has 0 atom stereocenters. The highest BCUT2D eigenvalue weighted by molar-refractivity contribution is 9.10. The standard InChI is InChI=1S/C17H16BrN5O3/c1-25-13-7-8-15(26-2)14(9-13)19-16(24)10-23-21-17(20-22-23)11-3-5-12(18)6-4-11/h3-9H,10H2,1-2H3,(H,19,24). The first-order chi connectivity index (χ1) is 12.6. The van der Waals surface area contributed by atoms with Crippen LogP contribution in [0.1, 0.15) is 0 Å². The molecule has 0 aliphatic heterocycles. The summed E-state index contributed by atoms with van der Waals surface area (Å²) in [4.78, 5) is 13.5. The number of halogens is 1. The summed E-state index contributed by atoms with van der Waals surface area (Å²) >= 11 is 3.38. The van der Waals surface area contributed by atoms with Crippen LogP contribution in [0.3, 0.4) is 0 Å². The lowest BCUT2D eigenvalue weighted by Crippen LogP contribution is -2.20. The molecule has 0 spiro atoms. The van der Waals surface area contributed by atoms with Gasteiger partial charge >= 0.3 is 0 Å². The van der Waals surface area contributed by atoms with Gasteiger partial charge < -0.3 is 14.8 Å². The van der Waals surface area contributed by atoms with Gasteiger partial charge in [-0.2, -0.15) is 4.80 Å². The van der Waals surface area contributed by atoms with Crippen LogP contribution in [0.4, 0.5) is 5.69 Å². The van der Waals surface area contributed by atoms with E-state index < -0.39 is 0 Å². The van der Waals surface area contributed by atoms with Crippen molar-refractivity contribution in [2.45, 2.75) is 6.54 Å². The Morgan fingerprint density at radius 3 is 2.62 bits per heavy atom. The zero-order valence-electron chi connectivity index (χ0n) is 14.1. The second-order valence-corrected chi connectivity index (χ2v) is 6.18. The summed E-state index contributed by atoms with van der Waals surface area (Å²) in [7, 11) is 3.08. The van der Waals surface area contributed by atoms with E-state index in [4.69, 9.17) is 9.47 Å². The SMILES string of the molecule is COc1ccc(OC)c(NC(=O)Cn2nnc(-c3ccc(Br)cc3)n2)c1. The quantitative estimate of drug-likeness (QED) is 0.662. The number of ether oxygens (including phenoxy) is 2. The van der Waals surface area contributed by atoms with Crippen LogP contribution in [0, 0.1) is 0 Å². The minimum absolute atomic E-state index is 0.0795. The zero-order valence-corrected chi connectivity index (χ0v) is 15.7. The molecule has 0 aliphatic carbocycles. The predicted molar refractivity (Wildman–Crippen MR) is 99.1 cm³/mol. The monoisotopic (exact) mass is 417 g/mol. The Balaban J connectivity index is 1.70. The maximum absolute atomic E-state index is 12.3. The highest BCUT2D eigenvalue weighted by atomic mass is 79.9. The van der Waals surface area contributed by atoms with Gasteiger partial charge in [0.2, 0.25) is 11.7 Å². The molecular weight excluding hydrogens is 402 g/mol. The molecule has 0 saturated carbocycles. The molecular formula is C17H16BrN5O3. The van der Waals surface area contributed by atoms with Gasteiger partial charge in [-0.15, -0.1) is 10.2 Å². The van der Waals surface area contributed by atoms with Crippen molar-refractivity contribution in [2.75, 3.05) is 19.5 Å². The molecule has 1 aromatic heterocycles. The van der Waals surface area contributed by atoms with E-state index >= 15 is 0 Å². The van der Waals surface area contributed by atoms with E-state index in [9.17, 15) is 4.79 Å². The van der Waals surface area contributed by atoms with Crippen LogP contribution in [0.25, 0.3) is 11.4 Å². The number of carbonyl (C=O) groups excluding carboxylic acids is 1. The van der Waals surface area contributed by atoms with Crippen molar-refractivity contribution in [3.05, 3.63) is 46.9 Å². The topological polar surface area (TPSA) is 91.2 Å². The van der Waals surface area contributed by atoms with Crippen molar-refractivity contribution in [2.24, 2.45) is 0 Å². The summed E-state index contributed by atoms with van der Waals surface area (Å²) in [5.74, 6) is 1.28. The second-order valence-electron chi connectivity index (χ2n) is 5.26. The van der Waals surface area contributed by atoms with Crippen molar-refractivity contribution >= 4 is 27.5 Å². The molecule has 0 saturated heterocycles. The van der Waals surface area contributed by atoms with Crippen molar-refractivity contribution in [1.82, 2.24) is 20.2 Å². The molecule has 26 heavy (non-hydrogen) atoms. The molecule has 8 nitrogen and oxygen atoms in total. The number of rotatable bonds is 6. The van der Waals surface area contributed by atoms with Crippen LogP contribution in [0.5, 0.6) is 11.5 Å². The summed E-state index contributed by atoms with van der Waals surface area (Å²) in [5.41, 5.74) is 1.32. The van der Waals surface area contributed by atoms with Crippen LogP contribution < -0.4 is 14.8 Å². The molecule has 0 unspecified atom stereocenters. The largest absolute Gasteiger partial charge is 0.497 e. The van der Waals surface area contributed by atoms with Crippen LogP contribution in [0.2, 0.25) is 0 Å². The summed E-state index contributed by atoms with van der Waals surface area (Å²) in [6.07, 6.45) is 0. The highest BCUT2D eigenvalue weighted by Gasteiger charge is 2.12. The second kappa shape index (κ2) is 7.96. The van der Waals surface area contributed by atoms with Gasteiger partial charge in [0, 0.05) is 16.1 Å². The van der Waals surface area contributed by atoms with Gasteiger partial charge in [0.25, 0.3) is 0 Å². The molecule has 9 heteroatoms. The Morgan fingerprint density at radius 1 is 1.15 bits per heavy atom. The smallest absolute Gasteiger partial charge is 0.248 e. The number of tetrazole rings is 1. The fourth-order valence-electron chi connectivity index (χ4n) is 2.25. The van der Waals surface area contributed by atoms with E-state index in [0.717, 1.165) is 10.0 Å². The van der Waals surface area contributed by atoms with Crippen LogP contribution >= 0.6 is 15.9 Å². The molecule has 3 rings (SSSR count). The molecule has 0 bridgehead atoms. The van der Waals surface area contributed by atoms with Gasteiger partial charge in [-0.3, -0.25) is 4.79 Å². The normalized spacial score (nSPS) is 10.4. The lowest BCUT2D eigenvalue weighted by Gasteiger charge is -2.11. The van der Waals surface area contributed by atoms with Crippen molar-refractivity contribution in [3.8, 4) is 22.9 Å². The number of amides is 1. The first kappa shape index (κ1) is 17.9. The first-order valence-electron chi connectivity index (χ1n) is 7.64. The van der Waals surface area contributed by atoms with Gasteiger partial charge in [0.1, 0.15) is 18.0 Å². The lowest BCUT2D eigenvalue weighted by atomic mass is 10.2. The number of anilines is 1. The third kappa shape index (κ3) is 4.17. The van der Waals surface area contributed by atoms with Gasteiger partial charge in [0.15, 0.2) is 0 Å². The molecule has 3 aromatic rings. The predicted octanol–water partition coefficient (Wildman–Crippen LogP) is 2.76. The van der Waals surface area contributed by atoms with Crippen molar-refractivity contribution < 1.29 is 14.3 Å². The minimum atomic E-state index is -0.309. The Labute approximate surface area is 158 Å². The average molecular weight is 418 g/mol. The molecule has 0 fully saturated rings. The van der Waals surface area contributed by atoms with Crippen LogP contribution in [0.15, 0.2) is 46.9 Å². The third-order valence-electron chi connectivity index (χ3n) is 3.52. The molecule has 134 valence electrons. The van der Waals surface area contributed by atoms with Gasteiger partial charge in [-0.1, -0.05) is 15.9 Å². The van der Waals surface area contributed by atoms with Gasteiger partial charge in [-0.05, 0) is 41.6 Å². The van der Waals surface area contributed by atoms with E-state index in [1.165, 1.54) is 11.9 Å². The molecule has 1 N–H and O–H groups in total. The highest BCUT2D eigenvalue weighted by Crippen LogP contribution is 2.28. The number of hydrogen-bond donors (Lipinski definition) is 1. The maximum atomic E-state index is 12.3. The van der Waals surface area contributed by atoms with Gasteiger partial charge in [-0.25, -0.2) is 0 Å². The Morgan fingerprint density at radius 2 is 1.92 bits per heavy atom. The molecule has 1 heterocycles. The number of benzene rings is 2. The number of hydrogen-bond acceptors (Lipinski definition) is 6. The van der Waals surface area contributed by atoms with Crippen LogP contribution in [-0.4, -0.2) is 40.3 Å².